The van der Waals surface area contributed by atoms with Crippen LogP contribution in [0.25, 0.3) is 0 Å². The van der Waals surface area contributed by atoms with Crippen LogP contribution in [0.3, 0.4) is 0 Å². The minimum atomic E-state index is -1.29. The van der Waals surface area contributed by atoms with Crippen molar-refractivity contribution in [3.8, 4) is 0 Å². The van der Waals surface area contributed by atoms with Gasteiger partial charge in [0.2, 0.25) is 5.91 Å². The Morgan fingerprint density at radius 3 is 2.68 bits per heavy atom. The third-order valence-electron chi connectivity index (χ3n) is 4.48. The van der Waals surface area contributed by atoms with Gasteiger partial charge in [-0.1, -0.05) is 28.8 Å². The van der Waals surface area contributed by atoms with Crippen LogP contribution >= 0.6 is 15.9 Å². The topological polar surface area (TPSA) is 88.1 Å². The first-order valence-corrected chi connectivity index (χ1v) is 9.20. The molecule has 8 heteroatoms. The lowest BCUT2D eigenvalue weighted by Gasteiger charge is -2.22. The maximum absolute atomic E-state index is 12.9. The standard InChI is InChI=1S/C17H21BrN2O5/c18-12-6-7-14-13(11-12)17(24-9-10-25-17)16(22)20(14)8-4-2-1-3-5-15(21)19-23/h6-7,11,23H,1-5,8-10H2,(H,19,21). The average Bonchev–Trinajstić information content (AvgIpc) is 3.18. The van der Waals surface area contributed by atoms with Crippen molar-refractivity contribution in [1.82, 2.24) is 5.48 Å². The van der Waals surface area contributed by atoms with Crippen molar-refractivity contribution in [2.45, 2.75) is 37.9 Å². The number of hydroxylamine groups is 1. The fourth-order valence-corrected chi connectivity index (χ4v) is 3.65. The summed E-state index contributed by atoms with van der Waals surface area (Å²) in [5.74, 6) is -1.83. The Morgan fingerprint density at radius 1 is 1.24 bits per heavy atom. The first-order valence-electron chi connectivity index (χ1n) is 8.41. The molecule has 0 bridgehead atoms. The highest BCUT2D eigenvalue weighted by molar-refractivity contribution is 9.10. The fraction of sp³-hybridized carbons (Fsp3) is 0.529. The highest BCUT2D eigenvalue weighted by Gasteiger charge is 2.55. The van der Waals surface area contributed by atoms with E-state index in [1.54, 1.807) is 10.4 Å². The fourth-order valence-electron chi connectivity index (χ4n) is 3.29. The van der Waals surface area contributed by atoms with Crippen LogP contribution in [0.15, 0.2) is 22.7 Å². The summed E-state index contributed by atoms with van der Waals surface area (Å²) in [6, 6.07) is 5.69. The lowest BCUT2D eigenvalue weighted by atomic mass is 10.1. The molecule has 0 saturated carbocycles. The smallest absolute Gasteiger partial charge is 0.292 e. The van der Waals surface area contributed by atoms with Gasteiger partial charge in [0.05, 0.1) is 18.9 Å². The molecule has 0 atom stereocenters. The molecule has 1 aromatic carbocycles. The Hall–Kier alpha value is -1.48. The van der Waals surface area contributed by atoms with Gasteiger partial charge >= 0.3 is 0 Å². The van der Waals surface area contributed by atoms with Gasteiger partial charge in [0.15, 0.2) is 0 Å². The number of nitrogens with one attached hydrogen (secondary N) is 1. The second-order valence-electron chi connectivity index (χ2n) is 6.13. The van der Waals surface area contributed by atoms with Crippen molar-refractivity contribution in [3.05, 3.63) is 28.2 Å². The molecule has 1 fully saturated rings. The molecule has 0 aliphatic carbocycles. The van der Waals surface area contributed by atoms with E-state index in [1.165, 1.54) is 0 Å². The normalized spacial score (nSPS) is 18.0. The van der Waals surface area contributed by atoms with Gasteiger partial charge in [0.1, 0.15) is 0 Å². The number of benzene rings is 1. The molecule has 2 N–H and O–H groups in total. The molecule has 7 nitrogen and oxygen atoms in total. The second-order valence-corrected chi connectivity index (χ2v) is 7.05. The zero-order chi connectivity index (χ0) is 17.9. The lowest BCUT2D eigenvalue weighted by molar-refractivity contribution is -0.180. The van der Waals surface area contributed by atoms with E-state index in [0.29, 0.717) is 32.6 Å². The maximum atomic E-state index is 12.9. The molecule has 0 aromatic heterocycles. The van der Waals surface area contributed by atoms with Crippen LogP contribution in [0.4, 0.5) is 5.69 Å². The molecular formula is C17H21BrN2O5. The number of amides is 2. The van der Waals surface area contributed by atoms with Gasteiger partial charge < -0.3 is 14.4 Å². The van der Waals surface area contributed by atoms with Gasteiger partial charge in [-0.25, -0.2) is 5.48 Å². The Morgan fingerprint density at radius 2 is 1.96 bits per heavy atom. The van der Waals surface area contributed by atoms with Crippen molar-refractivity contribution < 1.29 is 24.3 Å². The van der Waals surface area contributed by atoms with Crippen LogP contribution in [0.2, 0.25) is 0 Å². The lowest BCUT2D eigenvalue weighted by Crippen LogP contribution is -2.41. The van der Waals surface area contributed by atoms with E-state index >= 15 is 0 Å². The highest BCUT2D eigenvalue weighted by atomic mass is 79.9. The van der Waals surface area contributed by atoms with Crippen LogP contribution in [0.1, 0.15) is 37.7 Å². The van der Waals surface area contributed by atoms with Crippen molar-refractivity contribution in [2.75, 3.05) is 24.7 Å². The molecule has 136 valence electrons. The predicted octanol–water partition coefficient (Wildman–Crippen LogP) is 2.45. The molecule has 2 aliphatic heterocycles. The molecule has 2 heterocycles. The summed E-state index contributed by atoms with van der Waals surface area (Å²) in [6.07, 6.45) is 3.59. The Labute approximate surface area is 154 Å². The summed E-state index contributed by atoms with van der Waals surface area (Å²) in [6.45, 7) is 1.38. The van der Waals surface area contributed by atoms with Crippen LogP contribution in [0.5, 0.6) is 0 Å². The minimum Gasteiger partial charge on any atom is -0.336 e. The summed E-state index contributed by atoms with van der Waals surface area (Å²) in [5, 5.41) is 8.45. The van der Waals surface area contributed by atoms with Crippen molar-refractivity contribution >= 4 is 33.4 Å². The third kappa shape index (κ3) is 3.57. The molecular weight excluding hydrogens is 392 g/mol. The highest BCUT2D eigenvalue weighted by Crippen LogP contribution is 2.46. The number of anilines is 1. The Bertz CT molecular complexity index is 660. The molecule has 3 rings (SSSR count). The van der Waals surface area contributed by atoms with Gasteiger partial charge in [-0.3, -0.25) is 14.8 Å². The van der Waals surface area contributed by atoms with Crippen molar-refractivity contribution in [3.63, 3.8) is 0 Å². The Balaban J connectivity index is 1.61. The third-order valence-corrected chi connectivity index (χ3v) is 4.98. The maximum Gasteiger partial charge on any atom is 0.292 e. The van der Waals surface area contributed by atoms with Crippen LogP contribution < -0.4 is 10.4 Å². The first-order chi connectivity index (χ1) is 12.1. The zero-order valence-corrected chi connectivity index (χ0v) is 15.4. The molecule has 0 radical (unpaired) electrons. The molecule has 1 aromatic rings. The number of hydrogen-bond donors (Lipinski definition) is 2. The number of halogens is 1. The quantitative estimate of drug-likeness (QED) is 0.407. The number of ether oxygens (including phenoxy) is 2. The monoisotopic (exact) mass is 412 g/mol. The van der Waals surface area contributed by atoms with Gasteiger partial charge in [0.25, 0.3) is 11.7 Å². The summed E-state index contributed by atoms with van der Waals surface area (Å²) in [7, 11) is 0. The average molecular weight is 413 g/mol. The number of rotatable bonds is 7. The van der Waals surface area contributed by atoms with Gasteiger partial charge in [0, 0.05) is 23.0 Å². The van der Waals surface area contributed by atoms with Gasteiger partial charge in [-0.05, 0) is 31.0 Å². The van der Waals surface area contributed by atoms with Crippen LogP contribution in [-0.2, 0) is 24.8 Å². The molecule has 1 saturated heterocycles. The van der Waals surface area contributed by atoms with E-state index in [2.05, 4.69) is 15.9 Å². The van der Waals surface area contributed by atoms with Crippen LogP contribution in [0, 0.1) is 0 Å². The molecule has 1 spiro atoms. The zero-order valence-electron chi connectivity index (χ0n) is 13.8. The molecule has 2 amide bonds. The molecule has 2 aliphatic rings. The Kier molecular flexibility index (Phi) is 5.73. The van der Waals surface area contributed by atoms with Crippen LogP contribution in [-0.4, -0.2) is 36.8 Å². The number of fused-ring (bicyclic) bond motifs is 2. The van der Waals surface area contributed by atoms with E-state index in [0.717, 1.165) is 35.0 Å². The van der Waals surface area contributed by atoms with E-state index in [9.17, 15) is 9.59 Å². The second kappa shape index (κ2) is 7.82. The van der Waals surface area contributed by atoms with Gasteiger partial charge in [-0.15, -0.1) is 0 Å². The summed E-state index contributed by atoms with van der Waals surface area (Å²) in [5.41, 5.74) is 3.21. The summed E-state index contributed by atoms with van der Waals surface area (Å²) < 4.78 is 12.3. The van der Waals surface area contributed by atoms with Crippen molar-refractivity contribution in [1.29, 1.82) is 0 Å². The predicted molar refractivity (Wildman–Crippen MR) is 93.1 cm³/mol. The summed E-state index contributed by atoms with van der Waals surface area (Å²) in [4.78, 5) is 25.6. The number of unbranched alkanes of at least 4 members (excludes halogenated alkanes) is 3. The van der Waals surface area contributed by atoms with E-state index < -0.39 is 5.79 Å². The van der Waals surface area contributed by atoms with Gasteiger partial charge in [-0.2, -0.15) is 0 Å². The molecule has 0 unspecified atom stereocenters. The number of carbonyl (C=O) groups excluding carboxylic acids is 2. The summed E-state index contributed by atoms with van der Waals surface area (Å²) >= 11 is 3.44. The van der Waals surface area contributed by atoms with E-state index in [4.69, 9.17) is 14.7 Å². The number of hydrogen-bond acceptors (Lipinski definition) is 5. The SMILES string of the molecule is O=C(CCCCCCN1C(=O)C2(OCCO2)c2cc(Br)ccc21)NO. The minimum absolute atomic E-state index is 0.169. The largest absolute Gasteiger partial charge is 0.336 e. The van der Waals surface area contributed by atoms with Crippen molar-refractivity contribution in [2.24, 2.45) is 0 Å². The number of carbonyl (C=O) groups is 2. The number of nitrogens with zero attached hydrogens (tertiary/aromatic N) is 1. The molecule has 25 heavy (non-hydrogen) atoms. The van der Waals surface area contributed by atoms with E-state index in [1.807, 2.05) is 18.2 Å². The first kappa shape index (κ1) is 18.3. The van der Waals surface area contributed by atoms with E-state index in [-0.39, 0.29) is 11.8 Å².